The van der Waals surface area contributed by atoms with E-state index in [1.807, 2.05) is 12.1 Å². The molecule has 0 amide bonds. The van der Waals surface area contributed by atoms with Crippen molar-refractivity contribution in [3.8, 4) is 5.75 Å². The van der Waals surface area contributed by atoms with E-state index >= 15 is 0 Å². The third-order valence-corrected chi connectivity index (χ3v) is 4.69. The van der Waals surface area contributed by atoms with Gasteiger partial charge in [-0.15, -0.1) is 5.10 Å². The fraction of sp³-hybridized carbons (Fsp3) is 0.250. The van der Waals surface area contributed by atoms with E-state index in [0.29, 0.717) is 11.6 Å². The van der Waals surface area contributed by atoms with Crippen LogP contribution in [0.5, 0.6) is 5.75 Å². The predicted octanol–water partition coefficient (Wildman–Crippen LogP) is 3.09. The molecule has 8 heteroatoms. The minimum absolute atomic E-state index is 0.284. The lowest BCUT2D eigenvalue weighted by Gasteiger charge is -2.36. The molecule has 0 radical (unpaired) electrons. The van der Waals surface area contributed by atoms with Crippen LogP contribution >= 0.6 is 0 Å². The highest BCUT2D eigenvalue weighted by Crippen LogP contribution is 2.22. The molecule has 28 heavy (non-hydrogen) atoms. The Morgan fingerprint density at radius 2 is 1.61 bits per heavy atom. The normalized spacial score (nSPS) is 14.1. The van der Waals surface area contributed by atoms with Gasteiger partial charge in [-0.3, -0.25) is 0 Å². The molecule has 1 saturated heterocycles. The van der Waals surface area contributed by atoms with Crippen molar-refractivity contribution in [3.63, 3.8) is 0 Å². The van der Waals surface area contributed by atoms with Crippen LogP contribution in [0, 0.1) is 5.82 Å². The first-order chi connectivity index (χ1) is 13.7. The molecule has 0 spiro atoms. The summed E-state index contributed by atoms with van der Waals surface area (Å²) in [7, 11) is 1.67. The Bertz CT molecular complexity index is 911. The number of anilines is 4. The van der Waals surface area contributed by atoms with Crippen molar-refractivity contribution in [2.45, 2.75) is 0 Å². The molecule has 1 aliphatic heterocycles. The van der Waals surface area contributed by atoms with Gasteiger partial charge in [-0.05, 0) is 48.5 Å². The van der Waals surface area contributed by atoms with Gasteiger partial charge in [-0.2, -0.15) is 10.1 Å². The number of rotatable bonds is 5. The highest BCUT2D eigenvalue weighted by molar-refractivity contribution is 5.55. The van der Waals surface area contributed by atoms with Crippen LogP contribution in [0.2, 0.25) is 0 Å². The van der Waals surface area contributed by atoms with E-state index < -0.39 is 0 Å². The highest BCUT2D eigenvalue weighted by atomic mass is 19.1. The van der Waals surface area contributed by atoms with Gasteiger partial charge in [0, 0.05) is 37.6 Å². The van der Waals surface area contributed by atoms with Gasteiger partial charge in [0.1, 0.15) is 11.6 Å². The molecule has 0 saturated carbocycles. The van der Waals surface area contributed by atoms with Crippen molar-refractivity contribution in [2.24, 2.45) is 0 Å². The summed E-state index contributed by atoms with van der Waals surface area (Å²) in [4.78, 5) is 9.07. The van der Waals surface area contributed by atoms with E-state index in [9.17, 15) is 4.39 Å². The molecule has 4 rings (SSSR count). The topological polar surface area (TPSA) is 66.4 Å². The summed E-state index contributed by atoms with van der Waals surface area (Å²) in [6.07, 6.45) is 1.67. The molecule has 0 aliphatic carbocycles. The summed E-state index contributed by atoms with van der Waals surface area (Å²) in [6, 6.07) is 14.2. The summed E-state index contributed by atoms with van der Waals surface area (Å²) < 4.78 is 18.3. The van der Waals surface area contributed by atoms with Gasteiger partial charge in [0.25, 0.3) is 0 Å². The second-order valence-corrected chi connectivity index (χ2v) is 6.44. The van der Waals surface area contributed by atoms with Gasteiger partial charge in [0.15, 0.2) is 5.82 Å². The zero-order chi connectivity index (χ0) is 19.3. The first-order valence-corrected chi connectivity index (χ1v) is 9.07. The Morgan fingerprint density at radius 3 is 2.29 bits per heavy atom. The van der Waals surface area contributed by atoms with Crippen molar-refractivity contribution < 1.29 is 9.13 Å². The van der Waals surface area contributed by atoms with Gasteiger partial charge in [0.2, 0.25) is 5.95 Å². The van der Waals surface area contributed by atoms with E-state index in [-0.39, 0.29) is 5.82 Å². The van der Waals surface area contributed by atoms with Crippen molar-refractivity contribution in [2.75, 3.05) is 48.4 Å². The summed E-state index contributed by atoms with van der Waals surface area (Å²) in [5.41, 5.74) is 1.89. The summed E-state index contributed by atoms with van der Waals surface area (Å²) in [6.45, 7) is 3.44. The van der Waals surface area contributed by atoms with E-state index in [0.717, 1.165) is 37.7 Å². The van der Waals surface area contributed by atoms with Crippen LogP contribution in [0.3, 0.4) is 0 Å². The number of methoxy groups -OCH3 is 1. The zero-order valence-corrected chi connectivity index (χ0v) is 15.5. The maximum absolute atomic E-state index is 13.0. The lowest BCUT2D eigenvalue weighted by atomic mass is 10.2. The number of nitrogens with zero attached hydrogens (tertiary/aromatic N) is 5. The number of halogens is 1. The number of benzene rings is 2. The van der Waals surface area contributed by atoms with Crippen molar-refractivity contribution in [1.82, 2.24) is 15.2 Å². The van der Waals surface area contributed by atoms with E-state index in [1.54, 1.807) is 25.4 Å². The number of hydrogen-bond donors (Lipinski definition) is 1. The second kappa shape index (κ2) is 8.08. The molecule has 0 bridgehead atoms. The third-order valence-electron chi connectivity index (χ3n) is 4.69. The Kier molecular flexibility index (Phi) is 5.18. The molecule has 144 valence electrons. The van der Waals surface area contributed by atoms with Gasteiger partial charge in [-0.1, -0.05) is 0 Å². The van der Waals surface area contributed by atoms with Crippen LogP contribution in [-0.4, -0.2) is 48.5 Å². The fourth-order valence-electron chi connectivity index (χ4n) is 3.15. The molecule has 2 heterocycles. The standard InChI is InChI=1S/C20H21FN6O/c1-28-18-8-6-17(7-9-18)26-10-12-27(13-11-26)19-14-22-25-20(24-19)23-16-4-2-15(21)3-5-16/h2-9,14H,10-13H2,1H3,(H,23,24,25). The molecule has 2 aromatic carbocycles. The van der Waals surface area contributed by atoms with E-state index in [1.165, 1.54) is 17.8 Å². The minimum atomic E-state index is -0.284. The number of ether oxygens (including phenoxy) is 1. The summed E-state index contributed by atoms with van der Waals surface area (Å²) >= 11 is 0. The first-order valence-electron chi connectivity index (χ1n) is 9.07. The van der Waals surface area contributed by atoms with Gasteiger partial charge >= 0.3 is 0 Å². The Morgan fingerprint density at radius 1 is 0.929 bits per heavy atom. The zero-order valence-electron chi connectivity index (χ0n) is 15.5. The summed E-state index contributed by atoms with van der Waals surface area (Å²) in [5.74, 6) is 1.74. The Hall–Kier alpha value is -3.42. The van der Waals surface area contributed by atoms with Crippen LogP contribution < -0.4 is 19.9 Å². The van der Waals surface area contributed by atoms with Gasteiger partial charge < -0.3 is 19.9 Å². The minimum Gasteiger partial charge on any atom is -0.497 e. The molecular weight excluding hydrogens is 359 g/mol. The molecule has 1 N–H and O–H groups in total. The lowest BCUT2D eigenvalue weighted by Crippen LogP contribution is -2.46. The van der Waals surface area contributed by atoms with Gasteiger partial charge in [0.05, 0.1) is 13.3 Å². The van der Waals surface area contributed by atoms with E-state index in [2.05, 4.69) is 42.4 Å². The monoisotopic (exact) mass is 380 g/mol. The predicted molar refractivity (Wildman–Crippen MR) is 107 cm³/mol. The molecule has 0 unspecified atom stereocenters. The SMILES string of the molecule is COc1ccc(N2CCN(c3cnnc(Nc4ccc(F)cc4)n3)CC2)cc1. The second-order valence-electron chi connectivity index (χ2n) is 6.44. The number of aromatic nitrogens is 3. The van der Waals surface area contributed by atoms with Crippen LogP contribution in [-0.2, 0) is 0 Å². The van der Waals surface area contributed by atoms with Crippen molar-refractivity contribution in [1.29, 1.82) is 0 Å². The first kappa shape index (κ1) is 18.0. The van der Waals surface area contributed by atoms with Crippen LogP contribution in [0.1, 0.15) is 0 Å². The Balaban J connectivity index is 1.39. The van der Waals surface area contributed by atoms with Crippen molar-refractivity contribution in [3.05, 3.63) is 60.5 Å². The average molecular weight is 380 g/mol. The number of hydrogen-bond acceptors (Lipinski definition) is 7. The van der Waals surface area contributed by atoms with E-state index in [4.69, 9.17) is 4.74 Å². The molecule has 0 atom stereocenters. The number of piperazine rings is 1. The highest BCUT2D eigenvalue weighted by Gasteiger charge is 2.19. The summed E-state index contributed by atoms with van der Waals surface area (Å²) in [5, 5.41) is 11.1. The maximum atomic E-state index is 13.0. The molecule has 1 aromatic heterocycles. The lowest BCUT2D eigenvalue weighted by molar-refractivity contribution is 0.415. The molecule has 1 fully saturated rings. The molecule has 3 aromatic rings. The third kappa shape index (κ3) is 4.11. The quantitative estimate of drug-likeness (QED) is 0.730. The number of nitrogens with one attached hydrogen (secondary N) is 1. The largest absolute Gasteiger partial charge is 0.497 e. The van der Waals surface area contributed by atoms with Crippen LogP contribution in [0.25, 0.3) is 0 Å². The smallest absolute Gasteiger partial charge is 0.249 e. The average Bonchev–Trinajstić information content (AvgIpc) is 2.76. The fourth-order valence-corrected chi connectivity index (χ4v) is 3.15. The van der Waals surface area contributed by atoms with Crippen LogP contribution in [0.15, 0.2) is 54.7 Å². The molecular formula is C20H21FN6O. The molecule has 1 aliphatic rings. The van der Waals surface area contributed by atoms with Crippen LogP contribution in [0.4, 0.5) is 27.5 Å². The molecule has 7 nitrogen and oxygen atoms in total. The van der Waals surface area contributed by atoms with Crippen molar-refractivity contribution >= 4 is 23.1 Å². The van der Waals surface area contributed by atoms with Gasteiger partial charge in [-0.25, -0.2) is 4.39 Å². The Labute approximate surface area is 162 Å². The maximum Gasteiger partial charge on any atom is 0.249 e.